The van der Waals surface area contributed by atoms with E-state index in [1.165, 1.54) is 7.11 Å². The van der Waals surface area contributed by atoms with E-state index in [-0.39, 0.29) is 11.5 Å². The average molecular weight is 394 g/mol. The van der Waals surface area contributed by atoms with Gasteiger partial charge in [-0.15, -0.1) is 0 Å². The second kappa shape index (κ2) is 7.62. The number of halogens is 2. The van der Waals surface area contributed by atoms with E-state index in [0.29, 0.717) is 34.0 Å². The molecule has 5 nitrogen and oxygen atoms in total. The molecule has 0 saturated heterocycles. The summed E-state index contributed by atoms with van der Waals surface area (Å²) in [5, 5.41) is 2.69. The lowest BCUT2D eigenvalue weighted by molar-refractivity contribution is -0.116. The van der Waals surface area contributed by atoms with Crippen LogP contribution in [-0.2, 0) is 9.53 Å². The van der Waals surface area contributed by atoms with E-state index in [1.807, 2.05) is 0 Å². The first kappa shape index (κ1) is 16.1. The molecule has 0 fully saturated rings. The highest BCUT2D eigenvalue weighted by molar-refractivity contribution is 9.11. The molecule has 0 unspecified atom stereocenters. The van der Waals surface area contributed by atoms with Gasteiger partial charge >= 0.3 is 5.97 Å². The van der Waals surface area contributed by atoms with Gasteiger partial charge in [0.1, 0.15) is 0 Å². The molecule has 3 N–H and O–H groups in total. The third-order valence-electron chi connectivity index (χ3n) is 2.33. The number of carbonyl (C=O) groups is 2. The highest BCUT2D eigenvalue weighted by Crippen LogP contribution is 2.31. The van der Waals surface area contributed by atoms with Crippen molar-refractivity contribution in [1.82, 2.24) is 0 Å². The zero-order valence-electron chi connectivity index (χ0n) is 10.3. The van der Waals surface area contributed by atoms with Gasteiger partial charge in [0.05, 0.1) is 18.4 Å². The zero-order chi connectivity index (χ0) is 14.4. The van der Waals surface area contributed by atoms with Crippen LogP contribution in [-0.4, -0.2) is 25.5 Å². The summed E-state index contributed by atoms with van der Waals surface area (Å²) in [6.07, 6.45) is 0.896. The molecule has 0 radical (unpaired) electrons. The Morgan fingerprint density at radius 2 is 2.05 bits per heavy atom. The van der Waals surface area contributed by atoms with Crippen LogP contribution in [0.3, 0.4) is 0 Å². The number of methoxy groups -OCH3 is 1. The summed E-state index contributed by atoms with van der Waals surface area (Å²) in [6, 6.07) is 3.33. The first-order chi connectivity index (χ1) is 8.99. The van der Waals surface area contributed by atoms with E-state index in [0.717, 1.165) is 0 Å². The van der Waals surface area contributed by atoms with Crippen molar-refractivity contribution in [1.29, 1.82) is 0 Å². The Balaban J connectivity index is 3.04. The van der Waals surface area contributed by atoms with E-state index in [2.05, 4.69) is 37.2 Å². The molecule has 0 heterocycles. The number of hydrogen-bond donors (Lipinski definition) is 2. The van der Waals surface area contributed by atoms with Gasteiger partial charge in [0.2, 0.25) is 5.91 Å². The fraction of sp³-hybridized carbons (Fsp3) is 0.333. The molecule has 0 aliphatic rings. The number of anilines is 1. The van der Waals surface area contributed by atoms with Gasteiger partial charge in [-0.1, -0.05) is 15.9 Å². The monoisotopic (exact) mass is 392 g/mol. The van der Waals surface area contributed by atoms with Crippen LogP contribution >= 0.6 is 31.9 Å². The minimum atomic E-state index is -0.517. The quantitative estimate of drug-likeness (QED) is 0.753. The van der Waals surface area contributed by atoms with Crippen molar-refractivity contribution in [2.45, 2.75) is 12.8 Å². The SMILES string of the molecule is COC(=O)c1cc(Br)cc(Br)c1NC(=O)CCCN. The Labute approximate surface area is 128 Å². The van der Waals surface area contributed by atoms with E-state index in [9.17, 15) is 9.59 Å². The van der Waals surface area contributed by atoms with Gasteiger partial charge in [-0.2, -0.15) is 0 Å². The zero-order valence-corrected chi connectivity index (χ0v) is 13.5. The molecule has 1 rings (SSSR count). The standard InChI is InChI=1S/C12H14Br2N2O3/c1-19-12(18)8-5-7(13)6-9(14)11(8)16-10(17)3-2-4-15/h5-6H,2-4,15H2,1H3,(H,16,17). The third-order valence-corrected chi connectivity index (χ3v) is 3.42. The van der Waals surface area contributed by atoms with Crippen molar-refractivity contribution in [2.75, 3.05) is 19.0 Å². The maximum absolute atomic E-state index is 11.7. The summed E-state index contributed by atoms with van der Waals surface area (Å²) in [6.45, 7) is 0.443. The van der Waals surface area contributed by atoms with Crippen molar-refractivity contribution >= 4 is 49.4 Å². The van der Waals surface area contributed by atoms with E-state index in [4.69, 9.17) is 10.5 Å². The van der Waals surface area contributed by atoms with Gasteiger partial charge in [0, 0.05) is 15.4 Å². The maximum Gasteiger partial charge on any atom is 0.340 e. The van der Waals surface area contributed by atoms with Crippen LogP contribution in [0.4, 0.5) is 5.69 Å². The fourth-order valence-electron chi connectivity index (χ4n) is 1.44. The van der Waals surface area contributed by atoms with E-state index < -0.39 is 5.97 Å². The number of ether oxygens (including phenoxy) is 1. The predicted octanol–water partition coefficient (Wildman–Crippen LogP) is 2.68. The molecule has 19 heavy (non-hydrogen) atoms. The lowest BCUT2D eigenvalue weighted by Gasteiger charge is -2.12. The highest BCUT2D eigenvalue weighted by atomic mass is 79.9. The number of amides is 1. The Hall–Kier alpha value is -0.920. The molecule has 0 atom stereocenters. The van der Waals surface area contributed by atoms with Crippen LogP contribution in [0.1, 0.15) is 23.2 Å². The molecule has 0 saturated carbocycles. The predicted molar refractivity (Wildman–Crippen MR) is 80.1 cm³/mol. The summed E-state index contributed by atoms with van der Waals surface area (Å²) in [5.41, 5.74) is 6.03. The van der Waals surface area contributed by atoms with E-state index in [1.54, 1.807) is 12.1 Å². The summed E-state index contributed by atoms with van der Waals surface area (Å²) in [5.74, 6) is -0.713. The topological polar surface area (TPSA) is 81.4 Å². The highest BCUT2D eigenvalue weighted by Gasteiger charge is 2.17. The van der Waals surface area contributed by atoms with Gasteiger partial charge in [-0.25, -0.2) is 4.79 Å². The molecule has 1 aromatic rings. The maximum atomic E-state index is 11.7. The lowest BCUT2D eigenvalue weighted by Crippen LogP contribution is -2.17. The Morgan fingerprint density at radius 1 is 1.37 bits per heavy atom. The number of benzene rings is 1. The average Bonchev–Trinajstić information content (AvgIpc) is 2.38. The summed E-state index contributed by atoms with van der Waals surface area (Å²) in [7, 11) is 1.29. The Morgan fingerprint density at radius 3 is 2.63 bits per heavy atom. The van der Waals surface area contributed by atoms with Crippen LogP contribution in [0.5, 0.6) is 0 Å². The van der Waals surface area contributed by atoms with Crippen LogP contribution < -0.4 is 11.1 Å². The van der Waals surface area contributed by atoms with Crippen molar-refractivity contribution in [3.63, 3.8) is 0 Å². The van der Waals surface area contributed by atoms with Crippen LogP contribution in [0.25, 0.3) is 0 Å². The van der Waals surface area contributed by atoms with Crippen molar-refractivity contribution in [3.05, 3.63) is 26.6 Å². The fourth-order valence-corrected chi connectivity index (χ4v) is 2.76. The number of nitrogens with one attached hydrogen (secondary N) is 1. The first-order valence-corrected chi connectivity index (χ1v) is 7.15. The minimum Gasteiger partial charge on any atom is -0.465 e. The lowest BCUT2D eigenvalue weighted by atomic mass is 10.1. The smallest absolute Gasteiger partial charge is 0.340 e. The van der Waals surface area contributed by atoms with Crippen molar-refractivity contribution in [2.24, 2.45) is 5.73 Å². The molecule has 0 aliphatic carbocycles. The second-order valence-corrected chi connectivity index (χ2v) is 5.51. The first-order valence-electron chi connectivity index (χ1n) is 5.57. The number of esters is 1. The Bertz CT molecular complexity index is 492. The summed E-state index contributed by atoms with van der Waals surface area (Å²) < 4.78 is 6.01. The molecule has 0 aliphatic heterocycles. The van der Waals surface area contributed by atoms with Crippen LogP contribution in [0, 0.1) is 0 Å². The molecule has 7 heteroatoms. The number of carbonyl (C=O) groups excluding carboxylic acids is 2. The molecule has 0 aromatic heterocycles. The van der Waals surface area contributed by atoms with Crippen LogP contribution in [0.15, 0.2) is 21.1 Å². The summed E-state index contributed by atoms with van der Waals surface area (Å²) >= 11 is 6.60. The number of hydrogen-bond acceptors (Lipinski definition) is 4. The molecular formula is C12H14Br2N2O3. The molecule has 104 valence electrons. The molecule has 1 amide bonds. The van der Waals surface area contributed by atoms with Gasteiger partial charge in [-0.05, 0) is 41.0 Å². The van der Waals surface area contributed by atoms with Crippen molar-refractivity contribution < 1.29 is 14.3 Å². The largest absolute Gasteiger partial charge is 0.465 e. The molecule has 0 bridgehead atoms. The summed E-state index contributed by atoms with van der Waals surface area (Å²) in [4.78, 5) is 23.4. The van der Waals surface area contributed by atoms with Gasteiger partial charge in [0.15, 0.2) is 0 Å². The number of rotatable bonds is 5. The molecule has 1 aromatic carbocycles. The third kappa shape index (κ3) is 4.59. The van der Waals surface area contributed by atoms with Crippen molar-refractivity contribution in [3.8, 4) is 0 Å². The molecular weight excluding hydrogens is 380 g/mol. The molecule has 0 spiro atoms. The van der Waals surface area contributed by atoms with Gasteiger partial charge < -0.3 is 15.8 Å². The second-order valence-electron chi connectivity index (χ2n) is 3.74. The van der Waals surface area contributed by atoms with Gasteiger partial charge in [-0.3, -0.25) is 4.79 Å². The van der Waals surface area contributed by atoms with Gasteiger partial charge in [0.25, 0.3) is 0 Å². The van der Waals surface area contributed by atoms with E-state index >= 15 is 0 Å². The normalized spacial score (nSPS) is 10.1. The number of nitrogens with two attached hydrogens (primary N) is 1. The Kier molecular flexibility index (Phi) is 6.47. The van der Waals surface area contributed by atoms with Crippen LogP contribution in [0.2, 0.25) is 0 Å². The minimum absolute atomic E-state index is 0.196.